The van der Waals surface area contributed by atoms with Crippen LogP contribution in [0.3, 0.4) is 0 Å². The summed E-state index contributed by atoms with van der Waals surface area (Å²) in [5, 5.41) is 4.45. The molecule has 1 atom stereocenters. The van der Waals surface area contributed by atoms with E-state index in [4.69, 9.17) is 11.5 Å². The van der Waals surface area contributed by atoms with Gasteiger partial charge in [0, 0.05) is 18.3 Å². The Kier molecular flexibility index (Phi) is 3.26. The lowest BCUT2D eigenvalue weighted by atomic mass is 10.1. The maximum atomic E-state index is 5.93. The number of rotatable bonds is 3. The van der Waals surface area contributed by atoms with E-state index in [2.05, 4.69) is 11.2 Å². The zero-order chi connectivity index (χ0) is 12.4. The van der Waals surface area contributed by atoms with Gasteiger partial charge in [-0.05, 0) is 37.6 Å². The molecule has 0 saturated carbocycles. The maximum absolute atomic E-state index is 5.93. The van der Waals surface area contributed by atoms with E-state index in [1.165, 1.54) is 0 Å². The van der Waals surface area contributed by atoms with Crippen molar-refractivity contribution in [3.05, 3.63) is 47.3 Å². The van der Waals surface area contributed by atoms with Crippen LogP contribution < -0.4 is 11.5 Å². The molecule has 0 unspecified atom stereocenters. The first-order valence-corrected chi connectivity index (χ1v) is 5.71. The van der Waals surface area contributed by atoms with E-state index in [0.29, 0.717) is 6.54 Å². The third-order valence-electron chi connectivity index (χ3n) is 2.81. The molecule has 1 heterocycles. The monoisotopic (exact) mass is 230 g/mol. The molecule has 0 saturated heterocycles. The second kappa shape index (κ2) is 4.69. The van der Waals surface area contributed by atoms with Crippen LogP contribution in [-0.2, 0) is 0 Å². The van der Waals surface area contributed by atoms with E-state index in [1.54, 1.807) is 0 Å². The Balaban J connectivity index is 2.43. The first-order valence-electron chi connectivity index (χ1n) is 5.71. The van der Waals surface area contributed by atoms with Gasteiger partial charge < -0.3 is 11.5 Å². The van der Waals surface area contributed by atoms with E-state index in [0.717, 1.165) is 22.6 Å². The maximum Gasteiger partial charge on any atom is 0.0652 e. The Morgan fingerprint density at radius 2 is 2.06 bits per heavy atom. The van der Waals surface area contributed by atoms with E-state index < -0.39 is 0 Å². The number of benzene rings is 1. The molecular formula is C13H18N4. The highest BCUT2D eigenvalue weighted by Crippen LogP contribution is 2.16. The average molecular weight is 230 g/mol. The van der Waals surface area contributed by atoms with E-state index in [1.807, 2.05) is 42.8 Å². The van der Waals surface area contributed by atoms with Gasteiger partial charge in [-0.1, -0.05) is 12.1 Å². The molecule has 1 aromatic carbocycles. The van der Waals surface area contributed by atoms with Crippen LogP contribution >= 0.6 is 0 Å². The van der Waals surface area contributed by atoms with Crippen LogP contribution in [0.5, 0.6) is 0 Å². The molecule has 0 aliphatic heterocycles. The average Bonchev–Trinajstić information content (AvgIpc) is 2.67. The van der Waals surface area contributed by atoms with Gasteiger partial charge in [-0.2, -0.15) is 5.10 Å². The summed E-state index contributed by atoms with van der Waals surface area (Å²) in [5.74, 6) is 0. The molecule has 0 radical (unpaired) electrons. The van der Waals surface area contributed by atoms with Gasteiger partial charge in [0.25, 0.3) is 0 Å². The van der Waals surface area contributed by atoms with Crippen molar-refractivity contribution in [2.24, 2.45) is 11.5 Å². The predicted molar refractivity (Wildman–Crippen MR) is 69.0 cm³/mol. The summed E-state index contributed by atoms with van der Waals surface area (Å²) in [7, 11) is 0. The molecule has 1 aromatic heterocycles. The Morgan fingerprint density at radius 1 is 1.29 bits per heavy atom. The highest BCUT2D eigenvalue weighted by Gasteiger charge is 2.07. The quantitative estimate of drug-likeness (QED) is 0.838. The minimum Gasteiger partial charge on any atom is -0.329 e. The summed E-state index contributed by atoms with van der Waals surface area (Å²) >= 11 is 0. The largest absolute Gasteiger partial charge is 0.329 e. The lowest BCUT2D eigenvalue weighted by Gasteiger charge is -2.11. The molecule has 4 nitrogen and oxygen atoms in total. The Bertz CT molecular complexity index is 516. The minimum atomic E-state index is -0.119. The van der Waals surface area contributed by atoms with E-state index >= 15 is 0 Å². The number of aryl methyl sites for hydroxylation is 2. The lowest BCUT2D eigenvalue weighted by Crippen LogP contribution is -2.20. The molecule has 17 heavy (non-hydrogen) atoms. The van der Waals surface area contributed by atoms with Crippen LogP contribution in [0.15, 0.2) is 30.3 Å². The van der Waals surface area contributed by atoms with Crippen LogP contribution in [0, 0.1) is 13.8 Å². The number of hydrogen-bond acceptors (Lipinski definition) is 3. The molecule has 0 bridgehead atoms. The standard InChI is InChI=1S/C13H18N4/c1-9-6-10(2)17(16-9)12-5-3-4-11(7-12)13(15)8-14/h3-7,13H,8,14-15H2,1-2H3/t13-/m1/s1. The normalized spacial score (nSPS) is 12.7. The van der Waals surface area contributed by atoms with Crippen molar-refractivity contribution in [2.75, 3.05) is 6.54 Å². The summed E-state index contributed by atoms with van der Waals surface area (Å²) in [4.78, 5) is 0. The zero-order valence-electron chi connectivity index (χ0n) is 10.2. The van der Waals surface area contributed by atoms with E-state index in [9.17, 15) is 0 Å². The second-order valence-corrected chi connectivity index (χ2v) is 4.28. The molecule has 0 amide bonds. The first kappa shape index (κ1) is 11.8. The minimum absolute atomic E-state index is 0.119. The van der Waals surface area contributed by atoms with Crippen molar-refractivity contribution >= 4 is 0 Å². The number of nitrogens with two attached hydrogens (primary N) is 2. The molecule has 90 valence electrons. The van der Waals surface area contributed by atoms with Crippen molar-refractivity contribution in [1.82, 2.24) is 9.78 Å². The molecule has 0 aliphatic rings. The summed E-state index contributed by atoms with van der Waals surface area (Å²) < 4.78 is 1.92. The summed E-state index contributed by atoms with van der Waals surface area (Å²) in [6, 6.07) is 9.97. The van der Waals surface area contributed by atoms with Crippen LogP contribution in [0.4, 0.5) is 0 Å². The topological polar surface area (TPSA) is 69.9 Å². The number of aromatic nitrogens is 2. The van der Waals surface area contributed by atoms with Gasteiger partial charge in [0.2, 0.25) is 0 Å². The lowest BCUT2D eigenvalue weighted by molar-refractivity contribution is 0.733. The fourth-order valence-electron chi connectivity index (χ4n) is 1.91. The van der Waals surface area contributed by atoms with E-state index in [-0.39, 0.29) is 6.04 Å². The highest BCUT2D eigenvalue weighted by molar-refractivity contribution is 5.38. The predicted octanol–water partition coefficient (Wildman–Crippen LogP) is 1.45. The van der Waals surface area contributed by atoms with Crippen molar-refractivity contribution in [3.8, 4) is 5.69 Å². The van der Waals surface area contributed by atoms with Gasteiger partial charge in [0.05, 0.1) is 11.4 Å². The SMILES string of the molecule is Cc1cc(C)n(-c2cccc([C@H](N)CN)c2)n1. The van der Waals surface area contributed by atoms with Gasteiger partial charge in [-0.15, -0.1) is 0 Å². The highest BCUT2D eigenvalue weighted by atomic mass is 15.3. The molecule has 0 spiro atoms. The molecule has 0 fully saturated rings. The number of hydrogen-bond donors (Lipinski definition) is 2. The van der Waals surface area contributed by atoms with Crippen molar-refractivity contribution in [2.45, 2.75) is 19.9 Å². The van der Waals surface area contributed by atoms with Crippen molar-refractivity contribution in [1.29, 1.82) is 0 Å². The third kappa shape index (κ3) is 2.38. The Morgan fingerprint density at radius 3 is 2.65 bits per heavy atom. The van der Waals surface area contributed by atoms with Gasteiger partial charge in [-0.3, -0.25) is 0 Å². The smallest absolute Gasteiger partial charge is 0.0652 e. The van der Waals surface area contributed by atoms with Gasteiger partial charge in [0.1, 0.15) is 0 Å². The summed E-state index contributed by atoms with van der Waals surface area (Å²) in [6.07, 6.45) is 0. The molecule has 2 rings (SSSR count). The molecule has 4 N–H and O–H groups in total. The first-order chi connectivity index (χ1) is 8.11. The Hall–Kier alpha value is -1.65. The third-order valence-corrected chi connectivity index (χ3v) is 2.81. The van der Waals surface area contributed by atoms with Gasteiger partial charge in [0.15, 0.2) is 0 Å². The van der Waals surface area contributed by atoms with Crippen LogP contribution in [0.25, 0.3) is 5.69 Å². The molecule has 2 aromatic rings. The Labute approximate surface area is 101 Å². The number of nitrogens with zero attached hydrogens (tertiary/aromatic N) is 2. The zero-order valence-corrected chi connectivity index (χ0v) is 10.2. The van der Waals surface area contributed by atoms with Crippen LogP contribution in [-0.4, -0.2) is 16.3 Å². The van der Waals surface area contributed by atoms with Crippen molar-refractivity contribution in [3.63, 3.8) is 0 Å². The van der Waals surface area contributed by atoms with Crippen LogP contribution in [0.2, 0.25) is 0 Å². The van der Waals surface area contributed by atoms with Crippen LogP contribution in [0.1, 0.15) is 23.0 Å². The fourth-order valence-corrected chi connectivity index (χ4v) is 1.91. The summed E-state index contributed by atoms with van der Waals surface area (Å²) in [5.41, 5.74) is 15.7. The van der Waals surface area contributed by atoms with Crippen molar-refractivity contribution < 1.29 is 0 Å². The second-order valence-electron chi connectivity index (χ2n) is 4.28. The fraction of sp³-hybridized carbons (Fsp3) is 0.308. The molecular weight excluding hydrogens is 212 g/mol. The van der Waals surface area contributed by atoms with Gasteiger partial charge >= 0.3 is 0 Å². The molecule has 4 heteroatoms. The summed E-state index contributed by atoms with van der Waals surface area (Å²) in [6.45, 7) is 4.47. The molecule has 0 aliphatic carbocycles. The van der Waals surface area contributed by atoms with Gasteiger partial charge in [-0.25, -0.2) is 4.68 Å².